The van der Waals surface area contributed by atoms with Crippen molar-refractivity contribution in [2.45, 2.75) is 23.2 Å². The minimum absolute atomic E-state index is 0.0243. The maximum absolute atomic E-state index is 13.0. The van der Waals surface area contributed by atoms with Gasteiger partial charge in [0.25, 0.3) is 0 Å². The molecule has 1 N–H and O–H groups in total. The van der Waals surface area contributed by atoms with Gasteiger partial charge in [-0.3, -0.25) is 4.79 Å². The molecule has 1 aliphatic rings. The fraction of sp³-hybridized carbons (Fsp3) is 0.381. The molecule has 0 saturated carbocycles. The molecule has 27 heavy (non-hydrogen) atoms. The summed E-state index contributed by atoms with van der Waals surface area (Å²) in [5, 5.41) is 3.08. The molecule has 2 aromatic rings. The fourth-order valence-electron chi connectivity index (χ4n) is 3.27. The SMILES string of the molecule is COc1ccc(C2(CNC(=O)CSc3ccc(F)cc3)CCOCC2)cc1. The van der Waals surface area contributed by atoms with Crippen molar-refractivity contribution in [3.05, 3.63) is 59.9 Å². The van der Waals surface area contributed by atoms with Crippen LogP contribution in [0.4, 0.5) is 4.39 Å². The van der Waals surface area contributed by atoms with Gasteiger partial charge in [0, 0.05) is 30.1 Å². The van der Waals surface area contributed by atoms with Crippen molar-refractivity contribution < 1.29 is 18.7 Å². The second-order valence-electron chi connectivity index (χ2n) is 6.64. The van der Waals surface area contributed by atoms with Gasteiger partial charge in [-0.25, -0.2) is 4.39 Å². The minimum atomic E-state index is -0.273. The third-order valence-corrected chi connectivity index (χ3v) is 5.97. The van der Waals surface area contributed by atoms with Crippen LogP contribution in [0.1, 0.15) is 18.4 Å². The Kier molecular flexibility index (Phi) is 6.74. The zero-order chi connectivity index (χ0) is 19.1. The maximum atomic E-state index is 13.0. The number of benzene rings is 2. The average Bonchev–Trinajstić information content (AvgIpc) is 2.72. The lowest BCUT2D eigenvalue weighted by Crippen LogP contribution is -2.45. The summed E-state index contributed by atoms with van der Waals surface area (Å²) in [6.45, 7) is 1.95. The molecule has 1 fully saturated rings. The van der Waals surface area contributed by atoms with Crippen molar-refractivity contribution in [2.75, 3.05) is 32.6 Å². The van der Waals surface area contributed by atoms with E-state index in [-0.39, 0.29) is 17.1 Å². The lowest BCUT2D eigenvalue weighted by Gasteiger charge is -2.38. The van der Waals surface area contributed by atoms with E-state index in [2.05, 4.69) is 17.4 Å². The summed E-state index contributed by atoms with van der Waals surface area (Å²) >= 11 is 1.40. The molecule has 0 unspecified atom stereocenters. The molecule has 0 spiro atoms. The van der Waals surface area contributed by atoms with E-state index in [1.807, 2.05) is 12.1 Å². The Morgan fingerprint density at radius 1 is 1.15 bits per heavy atom. The van der Waals surface area contributed by atoms with Crippen LogP contribution in [0, 0.1) is 5.82 Å². The van der Waals surface area contributed by atoms with Crippen LogP contribution in [0.3, 0.4) is 0 Å². The summed E-state index contributed by atoms with van der Waals surface area (Å²) in [6.07, 6.45) is 1.73. The topological polar surface area (TPSA) is 47.6 Å². The van der Waals surface area contributed by atoms with Crippen LogP contribution in [-0.4, -0.2) is 38.5 Å². The molecular weight excluding hydrogens is 365 g/mol. The summed E-state index contributed by atoms with van der Waals surface area (Å²) in [4.78, 5) is 13.2. The summed E-state index contributed by atoms with van der Waals surface area (Å²) in [5.41, 5.74) is 1.07. The van der Waals surface area contributed by atoms with E-state index in [4.69, 9.17) is 9.47 Å². The monoisotopic (exact) mass is 389 g/mol. The molecule has 0 atom stereocenters. The number of carbonyl (C=O) groups is 1. The summed E-state index contributed by atoms with van der Waals surface area (Å²) < 4.78 is 23.7. The van der Waals surface area contributed by atoms with Gasteiger partial charge in [-0.1, -0.05) is 12.1 Å². The maximum Gasteiger partial charge on any atom is 0.230 e. The van der Waals surface area contributed by atoms with E-state index in [9.17, 15) is 9.18 Å². The Balaban J connectivity index is 1.60. The number of rotatable bonds is 7. The molecular formula is C21H24FNO3S. The number of hydrogen-bond acceptors (Lipinski definition) is 4. The van der Waals surface area contributed by atoms with Crippen LogP contribution in [-0.2, 0) is 14.9 Å². The summed E-state index contributed by atoms with van der Waals surface area (Å²) in [7, 11) is 1.65. The Morgan fingerprint density at radius 3 is 2.44 bits per heavy atom. The van der Waals surface area contributed by atoms with E-state index in [0.29, 0.717) is 25.5 Å². The van der Waals surface area contributed by atoms with Crippen LogP contribution in [0.5, 0.6) is 5.75 Å². The van der Waals surface area contributed by atoms with Crippen molar-refractivity contribution in [1.82, 2.24) is 5.32 Å². The Hall–Kier alpha value is -2.05. The number of ether oxygens (including phenoxy) is 2. The second-order valence-corrected chi connectivity index (χ2v) is 7.69. The smallest absolute Gasteiger partial charge is 0.230 e. The van der Waals surface area contributed by atoms with Gasteiger partial charge >= 0.3 is 0 Å². The van der Waals surface area contributed by atoms with Crippen molar-refractivity contribution in [1.29, 1.82) is 0 Å². The summed E-state index contributed by atoms with van der Waals surface area (Å²) in [5.74, 6) is 0.829. The highest BCUT2D eigenvalue weighted by atomic mass is 32.2. The zero-order valence-electron chi connectivity index (χ0n) is 15.4. The molecule has 4 nitrogen and oxygen atoms in total. The first kappa shape index (κ1) is 19.7. The number of methoxy groups -OCH3 is 1. The van der Waals surface area contributed by atoms with Gasteiger partial charge in [0.2, 0.25) is 5.91 Å². The molecule has 0 aromatic heterocycles. The molecule has 0 aliphatic carbocycles. The first-order valence-corrected chi connectivity index (χ1v) is 9.97. The summed E-state index contributed by atoms with van der Waals surface area (Å²) in [6, 6.07) is 14.2. The van der Waals surface area contributed by atoms with Gasteiger partial charge in [-0.15, -0.1) is 11.8 Å². The van der Waals surface area contributed by atoms with Crippen molar-refractivity contribution in [3.63, 3.8) is 0 Å². The third-order valence-electron chi connectivity index (χ3n) is 4.96. The number of nitrogens with one attached hydrogen (secondary N) is 1. The second kappa shape index (κ2) is 9.24. The van der Waals surface area contributed by atoms with Gasteiger partial charge in [0.15, 0.2) is 0 Å². The Labute approximate surface area is 163 Å². The number of halogens is 1. The molecule has 1 aliphatic heterocycles. The van der Waals surface area contributed by atoms with E-state index >= 15 is 0 Å². The van der Waals surface area contributed by atoms with Crippen LogP contribution >= 0.6 is 11.8 Å². The quantitative estimate of drug-likeness (QED) is 0.732. The van der Waals surface area contributed by atoms with Crippen molar-refractivity contribution in [3.8, 4) is 5.75 Å². The standard InChI is InChI=1S/C21H24FNO3S/c1-25-18-6-2-16(3-7-18)21(10-12-26-13-11-21)15-23-20(24)14-27-19-8-4-17(22)5-9-19/h2-9H,10-15H2,1H3,(H,23,24). The molecule has 6 heteroatoms. The van der Waals surface area contributed by atoms with E-state index in [1.165, 1.54) is 29.5 Å². The predicted octanol–water partition coefficient (Wildman–Crippen LogP) is 3.79. The Bertz CT molecular complexity index is 743. The first-order chi connectivity index (χ1) is 13.1. The normalized spacial score (nSPS) is 15.9. The number of amides is 1. The highest BCUT2D eigenvalue weighted by Gasteiger charge is 2.34. The molecule has 1 amide bonds. The zero-order valence-corrected chi connectivity index (χ0v) is 16.2. The van der Waals surface area contributed by atoms with Crippen molar-refractivity contribution >= 4 is 17.7 Å². The van der Waals surface area contributed by atoms with Gasteiger partial charge in [0.05, 0.1) is 12.9 Å². The highest BCUT2D eigenvalue weighted by Crippen LogP contribution is 2.35. The molecule has 0 radical (unpaired) electrons. The predicted molar refractivity (Wildman–Crippen MR) is 105 cm³/mol. The molecule has 1 saturated heterocycles. The van der Waals surface area contributed by atoms with E-state index in [0.717, 1.165) is 23.5 Å². The van der Waals surface area contributed by atoms with Crippen LogP contribution in [0.2, 0.25) is 0 Å². The van der Waals surface area contributed by atoms with Gasteiger partial charge in [0.1, 0.15) is 11.6 Å². The van der Waals surface area contributed by atoms with Gasteiger partial charge in [-0.05, 0) is 54.8 Å². The molecule has 2 aromatic carbocycles. The van der Waals surface area contributed by atoms with Gasteiger partial charge < -0.3 is 14.8 Å². The van der Waals surface area contributed by atoms with Crippen LogP contribution < -0.4 is 10.1 Å². The lowest BCUT2D eigenvalue weighted by molar-refractivity contribution is -0.119. The number of thioether (sulfide) groups is 1. The number of hydrogen-bond donors (Lipinski definition) is 1. The first-order valence-electron chi connectivity index (χ1n) is 8.99. The minimum Gasteiger partial charge on any atom is -0.497 e. The fourth-order valence-corrected chi connectivity index (χ4v) is 4.00. The van der Waals surface area contributed by atoms with E-state index < -0.39 is 0 Å². The van der Waals surface area contributed by atoms with Gasteiger partial charge in [-0.2, -0.15) is 0 Å². The van der Waals surface area contributed by atoms with Crippen molar-refractivity contribution in [2.24, 2.45) is 0 Å². The Morgan fingerprint density at radius 2 is 1.81 bits per heavy atom. The molecule has 3 rings (SSSR count). The molecule has 1 heterocycles. The number of carbonyl (C=O) groups excluding carboxylic acids is 1. The largest absolute Gasteiger partial charge is 0.497 e. The molecule has 0 bridgehead atoms. The van der Waals surface area contributed by atoms with E-state index in [1.54, 1.807) is 19.2 Å². The lowest BCUT2D eigenvalue weighted by atomic mass is 9.74. The van der Waals surface area contributed by atoms with Crippen LogP contribution in [0.15, 0.2) is 53.4 Å². The van der Waals surface area contributed by atoms with Crippen LogP contribution in [0.25, 0.3) is 0 Å². The highest BCUT2D eigenvalue weighted by molar-refractivity contribution is 8.00. The third kappa shape index (κ3) is 5.23. The molecule has 144 valence electrons. The average molecular weight is 389 g/mol.